The molecular weight excluding hydrogens is 257 g/mol. The zero-order chi connectivity index (χ0) is 13.5. The van der Waals surface area contributed by atoms with Gasteiger partial charge >= 0.3 is 0 Å². The van der Waals surface area contributed by atoms with Crippen LogP contribution in [-0.2, 0) is 6.54 Å². The molecule has 0 saturated carbocycles. The van der Waals surface area contributed by atoms with E-state index >= 15 is 0 Å². The fourth-order valence-electron chi connectivity index (χ4n) is 1.57. The fraction of sp³-hybridized carbons (Fsp3) is 0.417. The maximum absolute atomic E-state index is 13.0. The van der Waals surface area contributed by atoms with Crippen molar-refractivity contribution in [2.24, 2.45) is 10.9 Å². The summed E-state index contributed by atoms with van der Waals surface area (Å²) in [4.78, 5) is 2.10. The lowest BCUT2D eigenvalue weighted by molar-refractivity contribution is 0.283. The number of oxime groups is 1. The Kier molecular flexibility index (Phi) is 5.88. The molecule has 0 aromatic heterocycles. The summed E-state index contributed by atoms with van der Waals surface area (Å²) in [7, 11) is 0. The average Bonchev–Trinajstić information content (AvgIpc) is 2.38. The molecule has 0 aliphatic heterocycles. The van der Waals surface area contributed by atoms with Crippen LogP contribution in [0, 0.1) is 5.82 Å². The van der Waals surface area contributed by atoms with Gasteiger partial charge in [0.15, 0.2) is 0 Å². The summed E-state index contributed by atoms with van der Waals surface area (Å²) in [6.07, 6.45) is 0.485. The van der Waals surface area contributed by atoms with Crippen LogP contribution in [0.25, 0.3) is 0 Å². The van der Waals surface area contributed by atoms with E-state index in [1.165, 1.54) is 6.07 Å². The molecular formula is C12H17ClFN3O. The molecule has 1 aromatic carbocycles. The van der Waals surface area contributed by atoms with E-state index in [1.807, 2.05) is 6.92 Å². The first-order valence-corrected chi connectivity index (χ1v) is 6.07. The van der Waals surface area contributed by atoms with E-state index in [0.29, 0.717) is 19.5 Å². The number of hydrogen-bond donors (Lipinski definition) is 2. The highest BCUT2D eigenvalue weighted by atomic mass is 35.5. The van der Waals surface area contributed by atoms with Gasteiger partial charge in [0.25, 0.3) is 0 Å². The highest BCUT2D eigenvalue weighted by Gasteiger charge is 2.07. The topological polar surface area (TPSA) is 61.8 Å². The molecule has 0 bridgehead atoms. The molecule has 1 rings (SSSR count). The second-order valence-electron chi connectivity index (χ2n) is 3.96. The van der Waals surface area contributed by atoms with Crippen molar-refractivity contribution in [1.82, 2.24) is 4.90 Å². The van der Waals surface area contributed by atoms with E-state index in [4.69, 9.17) is 22.5 Å². The van der Waals surface area contributed by atoms with E-state index in [2.05, 4.69) is 10.1 Å². The van der Waals surface area contributed by atoms with Crippen molar-refractivity contribution in [2.75, 3.05) is 13.1 Å². The van der Waals surface area contributed by atoms with Gasteiger partial charge in [-0.05, 0) is 24.2 Å². The summed E-state index contributed by atoms with van der Waals surface area (Å²) >= 11 is 5.72. The molecule has 3 N–H and O–H groups in total. The summed E-state index contributed by atoms with van der Waals surface area (Å²) in [6, 6.07) is 4.67. The van der Waals surface area contributed by atoms with Crippen LogP contribution < -0.4 is 5.73 Å². The van der Waals surface area contributed by atoms with Gasteiger partial charge in [0, 0.05) is 19.5 Å². The van der Waals surface area contributed by atoms with Crippen LogP contribution in [0.5, 0.6) is 0 Å². The first-order valence-electron chi connectivity index (χ1n) is 5.69. The van der Waals surface area contributed by atoms with Crippen molar-refractivity contribution in [3.63, 3.8) is 0 Å². The highest BCUT2D eigenvalue weighted by Crippen LogP contribution is 2.17. The monoisotopic (exact) mass is 273 g/mol. The molecule has 0 aliphatic rings. The maximum Gasteiger partial charge on any atom is 0.141 e. The molecule has 0 amide bonds. The third-order valence-corrected chi connectivity index (χ3v) is 2.94. The van der Waals surface area contributed by atoms with E-state index in [1.54, 1.807) is 12.1 Å². The van der Waals surface area contributed by atoms with E-state index in [-0.39, 0.29) is 10.9 Å². The van der Waals surface area contributed by atoms with Crippen LogP contribution in [0.4, 0.5) is 4.39 Å². The standard InChI is InChI=1S/C12H17ClFN3O/c1-2-17(6-5-12(15)16-18)8-9-3-4-11(14)10(13)7-9/h3-4,7,18H,2,5-6,8H2,1H3,(H2,15,16). The van der Waals surface area contributed by atoms with Crippen molar-refractivity contribution in [2.45, 2.75) is 19.9 Å². The summed E-state index contributed by atoms with van der Waals surface area (Å²) in [5.41, 5.74) is 6.35. The lowest BCUT2D eigenvalue weighted by atomic mass is 10.2. The largest absolute Gasteiger partial charge is 0.409 e. The van der Waals surface area contributed by atoms with E-state index < -0.39 is 5.82 Å². The van der Waals surface area contributed by atoms with Gasteiger partial charge in [-0.1, -0.05) is 29.7 Å². The fourth-order valence-corrected chi connectivity index (χ4v) is 1.77. The number of hydrogen-bond acceptors (Lipinski definition) is 3. The third kappa shape index (κ3) is 4.50. The molecule has 18 heavy (non-hydrogen) atoms. The molecule has 0 saturated heterocycles. The molecule has 6 heteroatoms. The predicted octanol–water partition coefficient (Wildman–Crippen LogP) is 2.44. The Morgan fingerprint density at radius 3 is 2.83 bits per heavy atom. The Balaban J connectivity index is 2.59. The van der Waals surface area contributed by atoms with Crippen LogP contribution in [0.3, 0.4) is 0 Å². The first-order chi connectivity index (χ1) is 8.56. The molecule has 0 heterocycles. The van der Waals surface area contributed by atoms with Gasteiger partial charge in [-0.25, -0.2) is 4.39 Å². The van der Waals surface area contributed by atoms with Crippen molar-refractivity contribution < 1.29 is 9.60 Å². The molecule has 100 valence electrons. The SMILES string of the molecule is CCN(CC/C(N)=N/O)Cc1ccc(F)c(Cl)c1. The number of rotatable bonds is 6. The first kappa shape index (κ1) is 14.7. The number of nitrogens with zero attached hydrogens (tertiary/aromatic N) is 2. The van der Waals surface area contributed by atoms with Gasteiger partial charge in [-0.3, -0.25) is 4.90 Å². The average molecular weight is 274 g/mol. The van der Waals surface area contributed by atoms with Crippen LogP contribution in [-0.4, -0.2) is 29.0 Å². The van der Waals surface area contributed by atoms with Crippen LogP contribution >= 0.6 is 11.6 Å². The minimum Gasteiger partial charge on any atom is -0.409 e. The molecule has 0 spiro atoms. The zero-order valence-electron chi connectivity index (χ0n) is 10.2. The third-order valence-electron chi connectivity index (χ3n) is 2.65. The Bertz CT molecular complexity index is 426. The lowest BCUT2D eigenvalue weighted by Gasteiger charge is -2.20. The van der Waals surface area contributed by atoms with Crippen LogP contribution in [0.1, 0.15) is 18.9 Å². The van der Waals surface area contributed by atoms with Crippen molar-refractivity contribution >= 4 is 17.4 Å². The van der Waals surface area contributed by atoms with Gasteiger partial charge in [0.05, 0.1) is 5.02 Å². The molecule has 0 radical (unpaired) electrons. The van der Waals surface area contributed by atoms with Crippen molar-refractivity contribution in [3.05, 3.63) is 34.6 Å². The van der Waals surface area contributed by atoms with E-state index in [0.717, 1.165) is 12.1 Å². The summed E-state index contributed by atoms with van der Waals surface area (Å²) < 4.78 is 13.0. The van der Waals surface area contributed by atoms with Gasteiger partial charge in [-0.15, -0.1) is 0 Å². The summed E-state index contributed by atoms with van der Waals surface area (Å²) in [5.74, 6) is -0.217. The van der Waals surface area contributed by atoms with Crippen LogP contribution in [0.2, 0.25) is 5.02 Å². The Labute approximate surface area is 111 Å². The molecule has 4 nitrogen and oxygen atoms in total. The minimum atomic E-state index is -0.417. The number of halogens is 2. The number of benzene rings is 1. The van der Waals surface area contributed by atoms with E-state index in [9.17, 15) is 4.39 Å². The summed E-state index contributed by atoms with van der Waals surface area (Å²) in [5, 5.41) is 11.5. The highest BCUT2D eigenvalue weighted by molar-refractivity contribution is 6.30. The Morgan fingerprint density at radius 1 is 1.56 bits per heavy atom. The number of amidine groups is 1. The molecule has 0 unspecified atom stereocenters. The van der Waals surface area contributed by atoms with Gasteiger partial charge in [0.2, 0.25) is 0 Å². The van der Waals surface area contributed by atoms with Crippen molar-refractivity contribution in [1.29, 1.82) is 0 Å². The molecule has 0 fully saturated rings. The second-order valence-corrected chi connectivity index (χ2v) is 4.37. The Hall–Kier alpha value is -1.33. The zero-order valence-corrected chi connectivity index (χ0v) is 11.0. The maximum atomic E-state index is 13.0. The molecule has 0 atom stereocenters. The van der Waals surface area contributed by atoms with Gasteiger partial charge in [0.1, 0.15) is 11.7 Å². The van der Waals surface area contributed by atoms with Crippen LogP contribution in [0.15, 0.2) is 23.4 Å². The molecule has 0 aliphatic carbocycles. The normalized spacial score (nSPS) is 12.1. The van der Waals surface area contributed by atoms with Gasteiger partial charge < -0.3 is 10.9 Å². The van der Waals surface area contributed by atoms with Crippen molar-refractivity contribution in [3.8, 4) is 0 Å². The quantitative estimate of drug-likeness (QED) is 0.362. The van der Waals surface area contributed by atoms with Gasteiger partial charge in [-0.2, -0.15) is 0 Å². The lowest BCUT2D eigenvalue weighted by Crippen LogP contribution is -2.27. The molecule has 1 aromatic rings. The number of nitrogens with two attached hydrogens (primary N) is 1. The smallest absolute Gasteiger partial charge is 0.141 e. The minimum absolute atomic E-state index is 0.125. The Morgan fingerprint density at radius 2 is 2.28 bits per heavy atom. The summed E-state index contributed by atoms with van der Waals surface area (Å²) in [6.45, 7) is 4.14. The predicted molar refractivity (Wildman–Crippen MR) is 70.4 cm³/mol. The second kappa shape index (κ2) is 7.18.